The van der Waals surface area contributed by atoms with Crippen molar-refractivity contribution in [3.05, 3.63) is 29.8 Å². The van der Waals surface area contributed by atoms with E-state index < -0.39 is 0 Å². The maximum absolute atomic E-state index is 5.54. The van der Waals surface area contributed by atoms with Crippen molar-refractivity contribution in [1.29, 1.82) is 0 Å². The van der Waals surface area contributed by atoms with Gasteiger partial charge in [-0.05, 0) is 69.7 Å². The lowest BCUT2D eigenvalue weighted by molar-refractivity contribution is 0.0757. The largest absolute Gasteiger partial charge is 0.497 e. The summed E-state index contributed by atoms with van der Waals surface area (Å²) in [5.74, 6) is 1.66. The Morgan fingerprint density at radius 2 is 1.86 bits per heavy atom. The average molecular weight is 291 g/mol. The maximum Gasteiger partial charge on any atom is 0.118 e. The van der Waals surface area contributed by atoms with Gasteiger partial charge in [0.2, 0.25) is 0 Å². The Morgan fingerprint density at radius 3 is 2.48 bits per heavy atom. The predicted molar refractivity (Wildman–Crippen MR) is 87.1 cm³/mol. The lowest BCUT2D eigenvalue weighted by Crippen LogP contribution is -2.40. The lowest BCUT2D eigenvalue weighted by Gasteiger charge is -2.36. The number of rotatable bonds is 9. The SMILES string of the molecule is COc1ccc(C2CC(NCCCCOC(C)C)C2)cc1. The average Bonchev–Trinajstić information content (AvgIpc) is 2.44. The van der Waals surface area contributed by atoms with Crippen molar-refractivity contribution in [2.24, 2.45) is 0 Å². The molecule has 118 valence electrons. The Hall–Kier alpha value is -1.06. The first kappa shape index (κ1) is 16.3. The van der Waals surface area contributed by atoms with Gasteiger partial charge in [-0.3, -0.25) is 0 Å². The first-order valence-corrected chi connectivity index (χ1v) is 8.18. The Morgan fingerprint density at radius 1 is 1.14 bits per heavy atom. The summed E-state index contributed by atoms with van der Waals surface area (Å²) in [5.41, 5.74) is 1.44. The summed E-state index contributed by atoms with van der Waals surface area (Å²) >= 11 is 0. The summed E-state index contributed by atoms with van der Waals surface area (Å²) in [6.45, 7) is 6.18. The van der Waals surface area contributed by atoms with E-state index in [1.165, 1.54) is 24.8 Å². The fourth-order valence-corrected chi connectivity index (χ4v) is 2.79. The van der Waals surface area contributed by atoms with Crippen LogP contribution in [0.3, 0.4) is 0 Å². The molecular formula is C18H29NO2. The highest BCUT2D eigenvalue weighted by Gasteiger charge is 2.29. The van der Waals surface area contributed by atoms with Gasteiger partial charge in [0.1, 0.15) is 5.75 Å². The van der Waals surface area contributed by atoms with Gasteiger partial charge < -0.3 is 14.8 Å². The van der Waals surface area contributed by atoms with Crippen LogP contribution in [-0.2, 0) is 4.74 Å². The second-order valence-corrected chi connectivity index (χ2v) is 6.22. The van der Waals surface area contributed by atoms with Crippen LogP contribution in [0.5, 0.6) is 5.75 Å². The molecule has 1 aliphatic rings. The molecule has 21 heavy (non-hydrogen) atoms. The normalized spacial score (nSPS) is 21.3. The molecule has 1 aliphatic carbocycles. The summed E-state index contributed by atoms with van der Waals surface area (Å²) < 4.78 is 10.7. The van der Waals surface area contributed by atoms with Crippen LogP contribution >= 0.6 is 0 Å². The maximum atomic E-state index is 5.54. The summed E-state index contributed by atoms with van der Waals surface area (Å²) in [4.78, 5) is 0. The minimum Gasteiger partial charge on any atom is -0.497 e. The minimum absolute atomic E-state index is 0.356. The van der Waals surface area contributed by atoms with Crippen LogP contribution in [0, 0.1) is 0 Å². The summed E-state index contributed by atoms with van der Waals surface area (Å²) in [7, 11) is 1.71. The van der Waals surface area contributed by atoms with E-state index in [9.17, 15) is 0 Å². The van der Waals surface area contributed by atoms with Crippen molar-refractivity contribution >= 4 is 0 Å². The van der Waals surface area contributed by atoms with E-state index in [0.29, 0.717) is 12.1 Å². The van der Waals surface area contributed by atoms with Gasteiger partial charge in [0.25, 0.3) is 0 Å². The second kappa shape index (κ2) is 8.40. The van der Waals surface area contributed by atoms with Gasteiger partial charge >= 0.3 is 0 Å². The van der Waals surface area contributed by atoms with E-state index in [1.807, 2.05) is 0 Å². The van der Waals surface area contributed by atoms with Crippen LogP contribution < -0.4 is 10.1 Å². The molecule has 0 heterocycles. The van der Waals surface area contributed by atoms with Gasteiger partial charge in [0.15, 0.2) is 0 Å². The first-order chi connectivity index (χ1) is 10.2. The highest BCUT2D eigenvalue weighted by Crippen LogP contribution is 2.37. The van der Waals surface area contributed by atoms with Crippen molar-refractivity contribution in [1.82, 2.24) is 5.32 Å². The Balaban J connectivity index is 1.54. The molecule has 0 bridgehead atoms. The zero-order valence-electron chi connectivity index (χ0n) is 13.6. The van der Waals surface area contributed by atoms with Gasteiger partial charge in [-0.15, -0.1) is 0 Å². The second-order valence-electron chi connectivity index (χ2n) is 6.22. The van der Waals surface area contributed by atoms with Crippen molar-refractivity contribution in [2.45, 2.75) is 57.6 Å². The minimum atomic E-state index is 0.356. The Kier molecular flexibility index (Phi) is 6.52. The summed E-state index contributed by atoms with van der Waals surface area (Å²) in [5, 5.41) is 3.65. The van der Waals surface area contributed by atoms with Crippen molar-refractivity contribution in [2.75, 3.05) is 20.3 Å². The highest BCUT2D eigenvalue weighted by molar-refractivity contribution is 5.30. The Labute approximate surface area is 129 Å². The number of ether oxygens (including phenoxy) is 2. The van der Waals surface area contributed by atoms with Gasteiger partial charge in [-0.1, -0.05) is 12.1 Å². The topological polar surface area (TPSA) is 30.5 Å². The molecule has 0 radical (unpaired) electrons. The zero-order chi connectivity index (χ0) is 15.1. The van der Waals surface area contributed by atoms with E-state index in [2.05, 4.69) is 43.4 Å². The molecule has 0 spiro atoms. The van der Waals surface area contributed by atoms with Crippen molar-refractivity contribution in [3.63, 3.8) is 0 Å². The molecule has 1 fully saturated rings. The van der Waals surface area contributed by atoms with E-state index >= 15 is 0 Å². The van der Waals surface area contributed by atoms with Gasteiger partial charge in [0, 0.05) is 12.6 Å². The van der Waals surface area contributed by atoms with Gasteiger partial charge in [0.05, 0.1) is 13.2 Å². The van der Waals surface area contributed by atoms with Crippen LogP contribution in [0.25, 0.3) is 0 Å². The molecule has 2 rings (SSSR count). The summed E-state index contributed by atoms with van der Waals surface area (Å²) in [6.07, 6.45) is 5.23. The number of hydrogen-bond acceptors (Lipinski definition) is 3. The van der Waals surface area contributed by atoms with E-state index in [1.54, 1.807) is 7.11 Å². The van der Waals surface area contributed by atoms with E-state index in [0.717, 1.165) is 31.2 Å². The van der Waals surface area contributed by atoms with Crippen molar-refractivity contribution in [3.8, 4) is 5.75 Å². The van der Waals surface area contributed by atoms with E-state index in [4.69, 9.17) is 9.47 Å². The third-order valence-electron chi connectivity index (χ3n) is 4.18. The third-order valence-corrected chi connectivity index (χ3v) is 4.18. The molecule has 3 heteroatoms. The lowest BCUT2D eigenvalue weighted by atomic mass is 9.76. The van der Waals surface area contributed by atoms with Gasteiger partial charge in [-0.2, -0.15) is 0 Å². The fourth-order valence-electron chi connectivity index (χ4n) is 2.79. The van der Waals surface area contributed by atoms with Crippen LogP contribution in [0.2, 0.25) is 0 Å². The smallest absolute Gasteiger partial charge is 0.118 e. The molecule has 0 aromatic heterocycles. The number of nitrogens with one attached hydrogen (secondary N) is 1. The molecule has 1 aromatic rings. The zero-order valence-corrected chi connectivity index (χ0v) is 13.6. The fraction of sp³-hybridized carbons (Fsp3) is 0.667. The monoisotopic (exact) mass is 291 g/mol. The number of benzene rings is 1. The van der Waals surface area contributed by atoms with E-state index in [-0.39, 0.29) is 0 Å². The number of methoxy groups -OCH3 is 1. The van der Waals surface area contributed by atoms with Crippen LogP contribution in [0.1, 0.15) is 51.0 Å². The molecule has 0 atom stereocenters. The molecule has 1 aromatic carbocycles. The number of hydrogen-bond donors (Lipinski definition) is 1. The van der Waals surface area contributed by atoms with Crippen LogP contribution in [0.15, 0.2) is 24.3 Å². The predicted octanol–water partition coefficient (Wildman–Crippen LogP) is 3.74. The standard InChI is InChI=1S/C18H29NO2/c1-14(2)21-11-5-4-10-19-17-12-16(13-17)15-6-8-18(20-3)9-7-15/h6-9,14,16-17,19H,4-5,10-13H2,1-3H3. The highest BCUT2D eigenvalue weighted by atomic mass is 16.5. The summed E-state index contributed by atoms with van der Waals surface area (Å²) in [6, 6.07) is 9.21. The molecule has 0 saturated heterocycles. The molecule has 3 nitrogen and oxygen atoms in total. The molecule has 0 unspecified atom stereocenters. The first-order valence-electron chi connectivity index (χ1n) is 8.18. The quantitative estimate of drug-likeness (QED) is 0.703. The molecule has 1 saturated carbocycles. The molecule has 0 amide bonds. The van der Waals surface area contributed by atoms with Crippen LogP contribution in [-0.4, -0.2) is 32.4 Å². The van der Waals surface area contributed by atoms with Crippen LogP contribution in [0.4, 0.5) is 0 Å². The third kappa shape index (κ3) is 5.33. The molecular weight excluding hydrogens is 262 g/mol. The molecule has 1 N–H and O–H groups in total. The Bertz CT molecular complexity index is 396. The van der Waals surface area contributed by atoms with Gasteiger partial charge in [-0.25, -0.2) is 0 Å². The number of unbranched alkanes of at least 4 members (excludes halogenated alkanes) is 1. The molecule has 0 aliphatic heterocycles. The van der Waals surface area contributed by atoms with Crippen molar-refractivity contribution < 1.29 is 9.47 Å².